The number of rotatable bonds is 8. The van der Waals surface area contributed by atoms with E-state index in [-0.39, 0.29) is 12.2 Å². The quantitative estimate of drug-likeness (QED) is 0.311. The van der Waals surface area contributed by atoms with Crippen molar-refractivity contribution in [2.24, 2.45) is 0 Å². The number of ether oxygens (including phenoxy) is 2. The van der Waals surface area contributed by atoms with Crippen molar-refractivity contribution in [3.8, 4) is 28.6 Å². The van der Waals surface area contributed by atoms with Crippen LogP contribution in [-0.4, -0.2) is 59.0 Å². The lowest BCUT2D eigenvalue weighted by Crippen LogP contribution is -2.35. The van der Waals surface area contributed by atoms with Gasteiger partial charge in [-0.1, -0.05) is 17.3 Å². The molecule has 1 aliphatic rings. The summed E-state index contributed by atoms with van der Waals surface area (Å²) in [5, 5.41) is 7.06. The van der Waals surface area contributed by atoms with Gasteiger partial charge >= 0.3 is 6.09 Å². The highest BCUT2D eigenvalue weighted by atomic mass is 16.6. The number of nitrogens with zero attached hydrogens (tertiary/aromatic N) is 3. The summed E-state index contributed by atoms with van der Waals surface area (Å²) in [5.74, 6) is 1.62. The maximum Gasteiger partial charge on any atom is 0.407 e. The summed E-state index contributed by atoms with van der Waals surface area (Å²) in [7, 11) is 0. The summed E-state index contributed by atoms with van der Waals surface area (Å²) in [6, 6.07) is 11.9. The number of carbonyl (C=O) groups excluding carboxylic acids is 1. The first-order valence-electron chi connectivity index (χ1n) is 13.3. The summed E-state index contributed by atoms with van der Waals surface area (Å²) in [5.41, 5.74) is 10.6. The number of carbonyl (C=O) groups is 1. The molecule has 3 aromatic rings. The van der Waals surface area contributed by atoms with Crippen molar-refractivity contribution < 1.29 is 18.8 Å². The Morgan fingerprint density at radius 2 is 1.84 bits per heavy atom. The van der Waals surface area contributed by atoms with E-state index in [4.69, 9.17) is 19.7 Å². The fraction of sp³-hybridized carbons (Fsp3) is 0.483. The minimum absolute atomic E-state index is 0.0413. The van der Waals surface area contributed by atoms with E-state index < -0.39 is 5.60 Å². The van der Waals surface area contributed by atoms with Crippen LogP contribution in [0.4, 0.5) is 10.5 Å². The van der Waals surface area contributed by atoms with Crippen LogP contribution in [-0.2, 0) is 17.6 Å². The number of nitrogens with one attached hydrogen (secondary N) is 1. The van der Waals surface area contributed by atoms with Gasteiger partial charge in [0.2, 0.25) is 5.82 Å². The minimum Gasteiger partial charge on any atom is -0.489 e. The lowest BCUT2D eigenvalue weighted by atomic mass is 10.00. The maximum absolute atomic E-state index is 11.8. The molecule has 0 saturated carbocycles. The van der Waals surface area contributed by atoms with Crippen molar-refractivity contribution >= 4 is 11.8 Å². The van der Waals surface area contributed by atoms with E-state index in [9.17, 15) is 4.79 Å². The van der Waals surface area contributed by atoms with E-state index in [1.807, 2.05) is 46.8 Å². The number of fused-ring (bicyclic) bond motifs is 1. The minimum atomic E-state index is -0.481. The summed E-state index contributed by atoms with van der Waals surface area (Å²) in [6.07, 6.45) is 2.48. The van der Waals surface area contributed by atoms with Gasteiger partial charge in [-0.25, -0.2) is 4.79 Å². The molecule has 1 amide bonds. The Balaban J connectivity index is 1.34. The van der Waals surface area contributed by atoms with Crippen LogP contribution < -0.4 is 15.8 Å². The van der Waals surface area contributed by atoms with Crippen molar-refractivity contribution in [1.82, 2.24) is 20.4 Å². The highest BCUT2D eigenvalue weighted by molar-refractivity contribution is 5.68. The fourth-order valence-corrected chi connectivity index (χ4v) is 4.44. The second-order valence-electron chi connectivity index (χ2n) is 10.9. The molecule has 0 bridgehead atoms. The van der Waals surface area contributed by atoms with E-state index in [1.54, 1.807) is 6.07 Å². The molecule has 3 N–H and O–H groups in total. The van der Waals surface area contributed by atoms with Crippen LogP contribution in [0.5, 0.6) is 5.75 Å². The van der Waals surface area contributed by atoms with Gasteiger partial charge in [0.25, 0.3) is 5.89 Å². The predicted octanol–water partition coefficient (Wildman–Crippen LogP) is 5.09. The smallest absolute Gasteiger partial charge is 0.407 e. The van der Waals surface area contributed by atoms with E-state index in [2.05, 4.69) is 38.6 Å². The zero-order chi connectivity index (χ0) is 27.3. The third-order valence-electron chi connectivity index (χ3n) is 6.22. The van der Waals surface area contributed by atoms with Crippen LogP contribution in [0.15, 0.2) is 40.9 Å². The molecule has 0 spiro atoms. The molecule has 0 fully saturated rings. The van der Waals surface area contributed by atoms with Gasteiger partial charge in [0, 0.05) is 30.8 Å². The molecule has 0 unspecified atom stereocenters. The lowest BCUT2D eigenvalue weighted by molar-refractivity contribution is 0.0525. The number of nitrogens with two attached hydrogens (primary N) is 1. The molecule has 2 heterocycles. The van der Waals surface area contributed by atoms with Gasteiger partial charge in [0.05, 0.1) is 11.8 Å². The molecule has 1 aliphatic heterocycles. The van der Waals surface area contributed by atoms with Gasteiger partial charge in [0.15, 0.2) is 0 Å². The van der Waals surface area contributed by atoms with Crippen LogP contribution >= 0.6 is 0 Å². The molecule has 2 aromatic carbocycles. The maximum atomic E-state index is 11.8. The second-order valence-corrected chi connectivity index (χ2v) is 10.9. The van der Waals surface area contributed by atoms with E-state index >= 15 is 0 Å². The Morgan fingerprint density at radius 3 is 2.55 bits per heavy atom. The molecule has 0 atom stereocenters. The summed E-state index contributed by atoms with van der Waals surface area (Å²) in [6.45, 7) is 13.0. The van der Waals surface area contributed by atoms with Crippen LogP contribution in [0, 0.1) is 0 Å². The van der Waals surface area contributed by atoms with Crippen LogP contribution in [0.2, 0.25) is 0 Å². The molecule has 4 rings (SSSR count). The molecule has 9 heteroatoms. The number of amides is 1. The van der Waals surface area contributed by atoms with Crippen molar-refractivity contribution in [3.63, 3.8) is 0 Å². The predicted molar refractivity (Wildman–Crippen MR) is 148 cm³/mol. The molecule has 204 valence electrons. The molecule has 38 heavy (non-hydrogen) atoms. The molecule has 0 radical (unpaired) electrons. The Kier molecular flexibility index (Phi) is 8.56. The first-order valence-corrected chi connectivity index (χ1v) is 13.3. The molecule has 0 aliphatic carbocycles. The topological polar surface area (TPSA) is 116 Å². The molecular formula is C29H39N5O4. The number of benzene rings is 2. The molecule has 1 aromatic heterocycles. The van der Waals surface area contributed by atoms with Crippen LogP contribution in [0.3, 0.4) is 0 Å². The van der Waals surface area contributed by atoms with Crippen molar-refractivity contribution in [3.05, 3.63) is 47.5 Å². The number of anilines is 1. The average molecular weight is 522 g/mol. The standard InChI is InChI=1S/C29H39N5O4/c1-19(2)36-25-10-9-23(18-24(25)30)27-32-26(33-38-27)22-8-7-20-11-15-34(16-12-21(20)17-22)14-6-13-31-28(35)37-29(3,4)5/h7-10,17-19H,6,11-16,30H2,1-5H3,(H,31,35). The van der Waals surface area contributed by atoms with Gasteiger partial charge in [-0.3, -0.25) is 0 Å². The number of aromatic nitrogens is 2. The molecule has 9 nitrogen and oxygen atoms in total. The van der Waals surface area contributed by atoms with Gasteiger partial charge in [-0.2, -0.15) is 4.98 Å². The van der Waals surface area contributed by atoms with E-state index in [1.165, 1.54) is 11.1 Å². The lowest BCUT2D eigenvalue weighted by Gasteiger charge is -2.21. The normalized spacial score (nSPS) is 14.2. The third kappa shape index (κ3) is 7.47. The highest BCUT2D eigenvalue weighted by Gasteiger charge is 2.18. The zero-order valence-electron chi connectivity index (χ0n) is 23.0. The zero-order valence-corrected chi connectivity index (χ0v) is 23.0. The Labute approximate surface area is 224 Å². The third-order valence-corrected chi connectivity index (χ3v) is 6.22. The second kappa shape index (κ2) is 11.9. The monoisotopic (exact) mass is 521 g/mol. The number of hydrogen-bond acceptors (Lipinski definition) is 8. The summed E-state index contributed by atoms with van der Waals surface area (Å²) < 4.78 is 16.6. The Hall–Kier alpha value is -3.59. The van der Waals surface area contributed by atoms with Gasteiger partial charge < -0.3 is 29.9 Å². The van der Waals surface area contributed by atoms with Gasteiger partial charge in [-0.05, 0) is 95.8 Å². The number of alkyl carbamates (subject to hydrolysis) is 1. The van der Waals surface area contributed by atoms with Crippen LogP contribution in [0.25, 0.3) is 22.8 Å². The average Bonchev–Trinajstić information content (AvgIpc) is 3.24. The Bertz CT molecular complexity index is 1250. The van der Waals surface area contributed by atoms with Gasteiger partial charge in [0.1, 0.15) is 11.4 Å². The number of hydrogen-bond donors (Lipinski definition) is 2. The summed E-state index contributed by atoms with van der Waals surface area (Å²) in [4.78, 5) is 18.9. The van der Waals surface area contributed by atoms with Crippen molar-refractivity contribution in [1.29, 1.82) is 0 Å². The molecule has 0 saturated heterocycles. The van der Waals surface area contributed by atoms with Gasteiger partial charge in [-0.15, -0.1) is 0 Å². The first kappa shape index (κ1) is 27.4. The highest BCUT2D eigenvalue weighted by Crippen LogP contribution is 2.30. The first-order chi connectivity index (χ1) is 18.1. The largest absolute Gasteiger partial charge is 0.489 e. The molecular weight excluding hydrogens is 482 g/mol. The van der Waals surface area contributed by atoms with Crippen LogP contribution in [0.1, 0.15) is 52.2 Å². The SMILES string of the molecule is CC(C)Oc1ccc(-c2nc(-c3ccc4c(c3)CCN(CCCNC(=O)OC(C)(C)C)CC4)no2)cc1N. The summed E-state index contributed by atoms with van der Waals surface area (Å²) >= 11 is 0. The van der Waals surface area contributed by atoms with E-state index in [0.29, 0.717) is 29.7 Å². The fourth-order valence-electron chi connectivity index (χ4n) is 4.44. The number of nitrogen functional groups attached to an aromatic ring is 1. The Morgan fingerprint density at radius 1 is 1.11 bits per heavy atom. The van der Waals surface area contributed by atoms with Crippen molar-refractivity contribution in [2.75, 3.05) is 31.9 Å². The van der Waals surface area contributed by atoms with E-state index in [0.717, 1.165) is 50.0 Å². The van der Waals surface area contributed by atoms with Crippen molar-refractivity contribution in [2.45, 2.75) is 65.6 Å².